The Morgan fingerprint density at radius 1 is 1.16 bits per heavy atom. The number of nitrogens with zero attached hydrogens (tertiary/aromatic N) is 1. The van der Waals surface area contributed by atoms with Crippen molar-refractivity contribution in [3.63, 3.8) is 0 Å². The first-order valence-corrected chi connectivity index (χ1v) is 5.95. The van der Waals surface area contributed by atoms with Crippen LogP contribution in [0.1, 0.15) is 16.7 Å². The average Bonchev–Trinajstić information content (AvgIpc) is 2.46. The van der Waals surface area contributed by atoms with Gasteiger partial charge in [0.05, 0.1) is 29.6 Å². The Morgan fingerprint density at radius 2 is 1.95 bits per heavy atom. The lowest BCUT2D eigenvalue weighted by atomic mass is 10.1. The maximum Gasteiger partial charge on any atom is 0.0992 e. The molecular formula is C15H15N3O. The molecule has 2 aromatic rings. The third-order valence-electron chi connectivity index (χ3n) is 2.84. The molecule has 2 aromatic carbocycles. The number of rotatable bonds is 4. The maximum atomic E-state index is 9.08. The summed E-state index contributed by atoms with van der Waals surface area (Å²) in [6.45, 7) is 0.650. The van der Waals surface area contributed by atoms with Crippen molar-refractivity contribution < 1.29 is 5.11 Å². The zero-order valence-electron chi connectivity index (χ0n) is 10.4. The maximum absolute atomic E-state index is 9.08. The summed E-state index contributed by atoms with van der Waals surface area (Å²) in [5.74, 6) is 0. The highest BCUT2D eigenvalue weighted by atomic mass is 16.3. The molecule has 0 spiro atoms. The standard InChI is InChI=1S/C15H15N3O/c16-8-11-4-5-15(14(17)7-11)18-9-12-2-1-3-13(6-12)10-19/h1-7,18-19H,9-10,17H2. The van der Waals surface area contributed by atoms with Crippen LogP contribution in [0.3, 0.4) is 0 Å². The van der Waals surface area contributed by atoms with Gasteiger partial charge in [-0.05, 0) is 29.3 Å². The van der Waals surface area contributed by atoms with E-state index in [-0.39, 0.29) is 6.61 Å². The van der Waals surface area contributed by atoms with Crippen LogP contribution in [0, 0.1) is 11.3 Å². The van der Waals surface area contributed by atoms with E-state index in [1.165, 1.54) is 0 Å². The number of nitrogens with two attached hydrogens (primary N) is 1. The Bertz CT molecular complexity index is 617. The van der Waals surface area contributed by atoms with Gasteiger partial charge in [0.1, 0.15) is 0 Å². The summed E-state index contributed by atoms with van der Waals surface area (Å²) in [4.78, 5) is 0. The number of hydrogen-bond acceptors (Lipinski definition) is 4. The number of nitriles is 1. The van der Waals surface area contributed by atoms with Gasteiger partial charge in [0.25, 0.3) is 0 Å². The van der Waals surface area contributed by atoms with Crippen LogP contribution in [0.4, 0.5) is 11.4 Å². The van der Waals surface area contributed by atoms with E-state index in [9.17, 15) is 0 Å². The second-order valence-corrected chi connectivity index (χ2v) is 4.25. The molecule has 0 fully saturated rings. The summed E-state index contributed by atoms with van der Waals surface area (Å²) in [5.41, 5.74) is 9.71. The highest BCUT2D eigenvalue weighted by Gasteiger charge is 2.01. The molecule has 0 aliphatic carbocycles. The molecule has 96 valence electrons. The zero-order valence-corrected chi connectivity index (χ0v) is 10.4. The van der Waals surface area contributed by atoms with Gasteiger partial charge in [-0.15, -0.1) is 0 Å². The number of hydrogen-bond donors (Lipinski definition) is 3. The quantitative estimate of drug-likeness (QED) is 0.730. The molecule has 4 N–H and O–H groups in total. The molecule has 4 nitrogen and oxygen atoms in total. The first-order chi connectivity index (χ1) is 9.22. The summed E-state index contributed by atoms with van der Waals surface area (Å²) >= 11 is 0. The third-order valence-corrected chi connectivity index (χ3v) is 2.84. The van der Waals surface area contributed by atoms with E-state index in [1.54, 1.807) is 18.2 Å². The Balaban J connectivity index is 2.08. The van der Waals surface area contributed by atoms with Crippen molar-refractivity contribution in [1.29, 1.82) is 5.26 Å². The first-order valence-electron chi connectivity index (χ1n) is 5.95. The molecular weight excluding hydrogens is 238 g/mol. The van der Waals surface area contributed by atoms with Crippen molar-refractivity contribution >= 4 is 11.4 Å². The van der Waals surface area contributed by atoms with Crippen LogP contribution in [-0.2, 0) is 13.2 Å². The molecule has 0 heterocycles. The highest BCUT2D eigenvalue weighted by Crippen LogP contribution is 2.20. The minimum absolute atomic E-state index is 0.0346. The van der Waals surface area contributed by atoms with Crippen LogP contribution in [0.5, 0.6) is 0 Å². The molecule has 0 atom stereocenters. The van der Waals surface area contributed by atoms with Gasteiger partial charge in [0.2, 0.25) is 0 Å². The molecule has 0 saturated carbocycles. The van der Waals surface area contributed by atoms with Crippen LogP contribution < -0.4 is 11.1 Å². The van der Waals surface area contributed by atoms with Crippen LogP contribution in [-0.4, -0.2) is 5.11 Å². The molecule has 0 bridgehead atoms. The zero-order chi connectivity index (χ0) is 13.7. The van der Waals surface area contributed by atoms with Gasteiger partial charge in [0, 0.05) is 6.54 Å². The van der Waals surface area contributed by atoms with Crippen molar-refractivity contribution in [3.05, 3.63) is 59.2 Å². The minimum atomic E-state index is 0.0346. The Labute approximate surface area is 112 Å². The number of nitrogen functional groups attached to an aromatic ring is 1. The molecule has 0 saturated heterocycles. The van der Waals surface area contributed by atoms with Crippen LogP contribution in [0.25, 0.3) is 0 Å². The lowest BCUT2D eigenvalue weighted by molar-refractivity contribution is 0.281. The second kappa shape index (κ2) is 5.89. The van der Waals surface area contributed by atoms with Crippen molar-refractivity contribution in [3.8, 4) is 6.07 Å². The topological polar surface area (TPSA) is 82.1 Å². The smallest absolute Gasteiger partial charge is 0.0992 e. The SMILES string of the molecule is N#Cc1ccc(NCc2cccc(CO)c2)c(N)c1. The molecule has 0 unspecified atom stereocenters. The Kier molecular flexibility index (Phi) is 4.01. The molecule has 0 radical (unpaired) electrons. The largest absolute Gasteiger partial charge is 0.397 e. The average molecular weight is 253 g/mol. The molecule has 2 rings (SSSR count). The van der Waals surface area contributed by atoms with Gasteiger partial charge in [-0.25, -0.2) is 0 Å². The predicted octanol–water partition coefficient (Wildman–Crippen LogP) is 2.24. The number of benzene rings is 2. The van der Waals surface area contributed by atoms with Gasteiger partial charge in [-0.3, -0.25) is 0 Å². The van der Waals surface area contributed by atoms with E-state index in [4.69, 9.17) is 16.1 Å². The molecule has 19 heavy (non-hydrogen) atoms. The lowest BCUT2D eigenvalue weighted by Gasteiger charge is -2.10. The number of aliphatic hydroxyl groups is 1. The fourth-order valence-electron chi connectivity index (χ4n) is 1.83. The van der Waals surface area contributed by atoms with Crippen LogP contribution in [0.15, 0.2) is 42.5 Å². The fraction of sp³-hybridized carbons (Fsp3) is 0.133. The molecule has 0 amide bonds. The van der Waals surface area contributed by atoms with Gasteiger partial charge < -0.3 is 16.2 Å². The van der Waals surface area contributed by atoms with E-state index in [2.05, 4.69) is 5.32 Å². The lowest BCUT2D eigenvalue weighted by Crippen LogP contribution is -2.03. The van der Waals surface area contributed by atoms with E-state index in [0.717, 1.165) is 16.8 Å². The van der Waals surface area contributed by atoms with Crippen molar-refractivity contribution in [1.82, 2.24) is 0 Å². The third kappa shape index (κ3) is 3.24. The van der Waals surface area contributed by atoms with E-state index in [1.807, 2.05) is 30.3 Å². The highest BCUT2D eigenvalue weighted by molar-refractivity contribution is 5.68. The van der Waals surface area contributed by atoms with Gasteiger partial charge in [-0.1, -0.05) is 24.3 Å². The summed E-state index contributed by atoms with van der Waals surface area (Å²) < 4.78 is 0. The van der Waals surface area contributed by atoms with Crippen molar-refractivity contribution in [2.45, 2.75) is 13.2 Å². The Morgan fingerprint density at radius 3 is 2.63 bits per heavy atom. The van der Waals surface area contributed by atoms with Crippen molar-refractivity contribution in [2.75, 3.05) is 11.1 Å². The fourth-order valence-corrected chi connectivity index (χ4v) is 1.83. The Hall–Kier alpha value is -2.51. The first kappa shape index (κ1) is 12.9. The van der Waals surface area contributed by atoms with Crippen molar-refractivity contribution in [2.24, 2.45) is 0 Å². The summed E-state index contributed by atoms with van der Waals surface area (Å²) in [6, 6.07) is 14.9. The van der Waals surface area contributed by atoms with Gasteiger partial charge in [-0.2, -0.15) is 5.26 Å². The molecule has 4 heteroatoms. The van der Waals surface area contributed by atoms with Gasteiger partial charge in [0.15, 0.2) is 0 Å². The number of anilines is 2. The van der Waals surface area contributed by atoms with E-state index < -0.39 is 0 Å². The second-order valence-electron chi connectivity index (χ2n) is 4.25. The molecule has 0 aliphatic rings. The predicted molar refractivity (Wildman–Crippen MR) is 75.3 cm³/mol. The number of aliphatic hydroxyl groups excluding tert-OH is 1. The summed E-state index contributed by atoms with van der Waals surface area (Å²) in [5, 5.41) is 21.1. The van der Waals surface area contributed by atoms with Crippen LogP contribution >= 0.6 is 0 Å². The van der Waals surface area contributed by atoms with Crippen LogP contribution in [0.2, 0.25) is 0 Å². The molecule has 0 aliphatic heterocycles. The van der Waals surface area contributed by atoms with E-state index in [0.29, 0.717) is 17.8 Å². The summed E-state index contributed by atoms with van der Waals surface area (Å²) in [6.07, 6.45) is 0. The van der Waals surface area contributed by atoms with Gasteiger partial charge >= 0.3 is 0 Å². The minimum Gasteiger partial charge on any atom is -0.397 e. The molecule has 0 aromatic heterocycles. The van der Waals surface area contributed by atoms with E-state index >= 15 is 0 Å². The number of nitrogens with one attached hydrogen (secondary N) is 1. The summed E-state index contributed by atoms with van der Waals surface area (Å²) in [7, 11) is 0. The monoisotopic (exact) mass is 253 g/mol. The normalized spacial score (nSPS) is 9.89.